The van der Waals surface area contributed by atoms with E-state index in [2.05, 4.69) is 4.98 Å². The summed E-state index contributed by atoms with van der Waals surface area (Å²) >= 11 is 0. The largest absolute Gasteiger partial charge is 0.431 e. The highest BCUT2D eigenvalue weighted by Crippen LogP contribution is 2.40. The van der Waals surface area contributed by atoms with Gasteiger partial charge in [-0.05, 0) is 36.6 Å². The molecular weight excluding hydrogens is 277 g/mol. The van der Waals surface area contributed by atoms with Crippen molar-refractivity contribution in [1.29, 1.82) is 0 Å². The number of halogens is 3. The van der Waals surface area contributed by atoms with Crippen LogP contribution in [-0.4, -0.2) is 11.5 Å². The third-order valence-corrected chi connectivity index (χ3v) is 4.74. The fraction of sp³-hybridized carbons (Fsp3) is 0.500. The van der Waals surface area contributed by atoms with Gasteiger partial charge in [0.1, 0.15) is 5.69 Å². The average molecular weight is 296 g/mol. The molecule has 0 unspecified atom stereocenters. The summed E-state index contributed by atoms with van der Waals surface area (Å²) in [6.07, 6.45) is 1.19. The zero-order valence-corrected chi connectivity index (χ0v) is 11.8. The quantitative estimate of drug-likeness (QED) is 0.850. The minimum Gasteiger partial charge on any atom is -0.351 e. The summed E-state index contributed by atoms with van der Waals surface area (Å²) in [5.41, 5.74) is 6.84. The number of alkyl halides is 3. The second kappa shape index (κ2) is 5.05. The molecule has 1 fully saturated rings. The Labute approximate surface area is 121 Å². The average Bonchev–Trinajstić information content (AvgIpc) is 2.91. The van der Waals surface area contributed by atoms with Gasteiger partial charge in [0.2, 0.25) is 0 Å². The summed E-state index contributed by atoms with van der Waals surface area (Å²) in [6.45, 7) is 0.551. The van der Waals surface area contributed by atoms with Gasteiger partial charge in [0.05, 0.1) is 0 Å². The van der Waals surface area contributed by atoms with Crippen molar-refractivity contribution >= 4 is 10.9 Å². The van der Waals surface area contributed by atoms with E-state index in [1.807, 2.05) is 12.1 Å². The van der Waals surface area contributed by atoms with E-state index in [9.17, 15) is 13.2 Å². The zero-order chi connectivity index (χ0) is 15.1. The van der Waals surface area contributed by atoms with Crippen LogP contribution in [0.5, 0.6) is 0 Å². The number of nitrogens with two attached hydrogens (primary N) is 1. The van der Waals surface area contributed by atoms with Crippen LogP contribution in [0.15, 0.2) is 24.3 Å². The molecule has 1 aliphatic carbocycles. The Bertz CT molecular complexity index is 636. The van der Waals surface area contributed by atoms with Crippen LogP contribution in [0.1, 0.15) is 43.4 Å². The van der Waals surface area contributed by atoms with Crippen LogP contribution in [0.4, 0.5) is 13.2 Å². The van der Waals surface area contributed by atoms with Gasteiger partial charge < -0.3 is 10.7 Å². The molecule has 0 aliphatic heterocycles. The van der Waals surface area contributed by atoms with Crippen molar-refractivity contribution in [3.63, 3.8) is 0 Å². The van der Waals surface area contributed by atoms with Crippen molar-refractivity contribution in [1.82, 2.24) is 4.98 Å². The number of rotatable bonds is 2. The highest BCUT2D eigenvalue weighted by molar-refractivity contribution is 5.81. The lowest BCUT2D eigenvalue weighted by atomic mass is 9.69. The molecule has 1 aromatic heterocycles. The van der Waals surface area contributed by atoms with Gasteiger partial charge in [-0.2, -0.15) is 13.2 Å². The first kappa shape index (κ1) is 14.4. The molecule has 1 heterocycles. The highest BCUT2D eigenvalue weighted by atomic mass is 19.4. The molecule has 0 spiro atoms. The Hall–Kier alpha value is -1.49. The molecule has 0 atom stereocenters. The second-order valence-electron chi connectivity index (χ2n) is 6.03. The number of fused-ring (bicyclic) bond motifs is 1. The van der Waals surface area contributed by atoms with Crippen molar-refractivity contribution in [2.75, 3.05) is 6.54 Å². The van der Waals surface area contributed by atoms with Gasteiger partial charge in [-0.15, -0.1) is 0 Å². The normalized spacial score (nSPS) is 19.0. The van der Waals surface area contributed by atoms with E-state index in [4.69, 9.17) is 5.73 Å². The third kappa shape index (κ3) is 2.55. The van der Waals surface area contributed by atoms with Crippen molar-refractivity contribution in [3.05, 3.63) is 35.5 Å². The van der Waals surface area contributed by atoms with E-state index >= 15 is 0 Å². The Morgan fingerprint density at radius 1 is 1.10 bits per heavy atom. The van der Waals surface area contributed by atoms with Gasteiger partial charge in [0.25, 0.3) is 0 Å². The molecule has 0 amide bonds. The van der Waals surface area contributed by atoms with E-state index in [0.29, 0.717) is 17.4 Å². The van der Waals surface area contributed by atoms with Crippen LogP contribution in [0.2, 0.25) is 0 Å². The molecular formula is C16H19F3N2. The molecule has 1 saturated carbocycles. The van der Waals surface area contributed by atoms with E-state index in [1.54, 1.807) is 6.07 Å². The number of aromatic nitrogens is 1. The number of aromatic amines is 1. The molecule has 21 heavy (non-hydrogen) atoms. The number of H-pyrrole nitrogens is 1. The summed E-state index contributed by atoms with van der Waals surface area (Å²) in [7, 11) is 0. The van der Waals surface area contributed by atoms with Gasteiger partial charge in [0, 0.05) is 22.9 Å². The van der Waals surface area contributed by atoms with Crippen LogP contribution in [0.25, 0.3) is 10.9 Å². The maximum Gasteiger partial charge on any atom is 0.431 e. The van der Waals surface area contributed by atoms with Gasteiger partial charge in [0.15, 0.2) is 0 Å². The lowest BCUT2D eigenvalue weighted by molar-refractivity contribution is -0.140. The number of hydrogen-bond acceptors (Lipinski definition) is 1. The predicted octanol–water partition coefficient (Wildman–Crippen LogP) is 4.35. The Morgan fingerprint density at radius 3 is 2.43 bits per heavy atom. The van der Waals surface area contributed by atoms with Gasteiger partial charge in [-0.3, -0.25) is 0 Å². The Balaban J connectivity index is 2.04. The molecule has 0 radical (unpaired) electrons. The number of benzene rings is 1. The molecule has 114 valence electrons. The molecule has 2 aromatic rings. The van der Waals surface area contributed by atoms with Crippen molar-refractivity contribution in [2.24, 2.45) is 5.73 Å². The maximum atomic E-state index is 12.8. The van der Waals surface area contributed by atoms with Gasteiger partial charge in [-0.25, -0.2) is 0 Å². The molecule has 5 heteroatoms. The second-order valence-corrected chi connectivity index (χ2v) is 6.03. The Kier molecular flexibility index (Phi) is 3.48. The standard InChI is InChI=1S/C16H19F3N2/c17-16(18,19)14-9-11-8-12(4-5-13(11)21-14)15(10-20)6-2-1-3-7-15/h4-5,8-9,21H,1-3,6-7,10,20H2. The van der Waals surface area contributed by atoms with E-state index in [1.165, 1.54) is 12.5 Å². The fourth-order valence-corrected chi connectivity index (χ4v) is 3.45. The van der Waals surface area contributed by atoms with Crippen molar-refractivity contribution < 1.29 is 13.2 Å². The van der Waals surface area contributed by atoms with Gasteiger partial charge >= 0.3 is 6.18 Å². The first-order valence-electron chi connectivity index (χ1n) is 7.35. The Morgan fingerprint density at radius 2 is 1.81 bits per heavy atom. The number of hydrogen-bond donors (Lipinski definition) is 2. The molecule has 1 aliphatic rings. The minimum atomic E-state index is -4.34. The molecule has 1 aromatic carbocycles. The van der Waals surface area contributed by atoms with Crippen LogP contribution in [0, 0.1) is 0 Å². The molecule has 3 N–H and O–H groups in total. The minimum absolute atomic E-state index is 0.0674. The maximum absolute atomic E-state index is 12.8. The fourth-order valence-electron chi connectivity index (χ4n) is 3.45. The molecule has 2 nitrogen and oxygen atoms in total. The monoisotopic (exact) mass is 296 g/mol. The van der Waals surface area contributed by atoms with Crippen molar-refractivity contribution in [3.8, 4) is 0 Å². The third-order valence-electron chi connectivity index (χ3n) is 4.74. The van der Waals surface area contributed by atoms with E-state index in [-0.39, 0.29) is 5.41 Å². The molecule has 0 bridgehead atoms. The summed E-state index contributed by atoms with van der Waals surface area (Å²) in [4.78, 5) is 2.44. The summed E-state index contributed by atoms with van der Waals surface area (Å²) < 4.78 is 38.3. The van der Waals surface area contributed by atoms with Crippen LogP contribution in [0.3, 0.4) is 0 Å². The summed E-state index contributed by atoms with van der Waals surface area (Å²) in [6, 6.07) is 6.73. The SMILES string of the molecule is NCC1(c2ccc3[nH]c(C(F)(F)F)cc3c2)CCCCC1. The van der Waals surface area contributed by atoms with Crippen LogP contribution >= 0.6 is 0 Å². The summed E-state index contributed by atoms with van der Waals surface area (Å²) in [5, 5.41) is 0.609. The first-order chi connectivity index (χ1) is 9.94. The van der Waals surface area contributed by atoms with Crippen molar-refractivity contribution in [2.45, 2.75) is 43.7 Å². The zero-order valence-electron chi connectivity index (χ0n) is 11.8. The van der Waals surface area contributed by atoms with Crippen LogP contribution in [-0.2, 0) is 11.6 Å². The topological polar surface area (TPSA) is 41.8 Å². The summed E-state index contributed by atoms with van der Waals surface area (Å²) in [5.74, 6) is 0. The van der Waals surface area contributed by atoms with E-state index in [0.717, 1.165) is 31.2 Å². The smallest absolute Gasteiger partial charge is 0.351 e. The predicted molar refractivity (Wildman–Crippen MR) is 77.1 cm³/mol. The lowest BCUT2D eigenvalue weighted by Crippen LogP contribution is -2.37. The number of nitrogens with one attached hydrogen (secondary N) is 1. The molecule has 0 saturated heterocycles. The van der Waals surface area contributed by atoms with E-state index < -0.39 is 11.9 Å². The van der Waals surface area contributed by atoms with Crippen LogP contribution < -0.4 is 5.73 Å². The first-order valence-corrected chi connectivity index (χ1v) is 7.35. The highest BCUT2D eigenvalue weighted by Gasteiger charge is 2.34. The molecule has 3 rings (SSSR count). The lowest BCUT2D eigenvalue weighted by Gasteiger charge is -2.37. The van der Waals surface area contributed by atoms with Gasteiger partial charge in [-0.1, -0.05) is 25.3 Å².